The van der Waals surface area contributed by atoms with E-state index in [1.165, 1.54) is 24.5 Å². The van der Waals surface area contributed by atoms with Crippen molar-refractivity contribution in [3.8, 4) is 0 Å². The number of halogens is 1. The summed E-state index contributed by atoms with van der Waals surface area (Å²) < 4.78 is 40.3. The zero-order valence-electron chi connectivity index (χ0n) is 14.9. The Hall–Kier alpha value is -3.27. The Bertz CT molecular complexity index is 1150. The largest absolute Gasteiger partial charge is 0.383 e. The molecule has 0 fully saturated rings. The van der Waals surface area contributed by atoms with Gasteiger partial charge in [-0.05, 0) is 36.8 Å². The molecular weight excluding hydrogens is 385 g/mol. The molecule has 8 nitrogen and oxygen atoms in total. The minimum Gasteiger partial charge on any atom is -0.383 e. The van der Waals surface area contributed by atoms with E-state index in [-0.39, 0.29) is 28.5 Å². The lowest BCUT2D eigenvalue weighted by Gasteiger charge is -2.12. The molecule has 0 bridgehead atoms. The molecule has 0 radical (unpaired) electrons. The Kier molecular flexibility index (Phi) is 5.41. The quantitative estimate of drug-likeness (QED) is 0.581. The smallest absolute Gasteiger partial charge is 0.257 e. The molecule has 3 rings (SSSR count). The van der Waals surface area contributed by atoms with Crippen LogP contribution in [0.2, 0.25) is 0 Å². The van der Waals surface area contributed by atoms with E-state index in [0.29, 0.717) is 17.3 Å². The van der Waals surface area contributed by atoms with Crippen molar-refractivity contribution in [1.29, 1.82) is 0 Å². The Balaban J connectivity index is 1.91. The van der Waals surface area contributed by atoms with Crippen molar-refractivity contribution in [3.63, 3.8) is 0 Å². The predicted octanol–water partition coefficient (Wildman–Crippen LogP) is 2.76. The fourth-order valence-corrected chi connectivity index (χ4v) is 3.79. The number of aromatic nitrogens is 2. The number of fused-ring (bicyclic) bond motifs is 1. The van der Waals surface area contributed by atoms with Gasteiger partial charge in [-0.2, -0.15) is 0 Å². The molecule has 3 aromatic rings. The highest BCUT2D eigenvalue weighted by atomic mass is 32.2. The summed E-state index contributed by atoms with van der Waals surface area (Å²) in [5.41, 5.74) is 6.29. The molecule has 1 aromatic heterocycles. The van der Waals surface area contributed by atoms with Crippen LogP contribution in [0.15, 0.2) is 42.7 Å². The number of nitrogens with two attached hydrogens (primary N) is 1. The monoisotopic (exact) mass is 403 g/mol. The molecule has 1 amide bonds. The van der Waals surface area contributed by atoms with Gasteiger partial charge in [0, 0.05) is 5.39 Å². The molecule has 4 N–H and O–H groups in total. The zero-order chi connectivity index (χ0) is 20.3. The summed E-state index contributed by atoms with van der Waals surface area (Å²) >= 11 is 0. The molecule has 2 aromatic carbocycles. The summed E-state index contributed by atoms with van der Waals surface area (Å²) in [6.45, 7) is 1.73. The average Bonchev–Trinajstić information content (AvgIpc) is 2.64. The van der Waals surface area contributed by atoms with Crippen molar-refractivity contribution < 1.29 is 17.6 Å². The Morgan fingerprint density at radius 3 is 2.75 bits per heavy atom. The van der Waals surface area contributed by atoms with E-state index >= 15 is 0 Å². The van der Waals surface area contributed by atoms with E-state index in [0.717, 1.165) is 6.07 Å². The van der Waals surface area contributed by atoms with Gasteiger partial charge in [-0.1, -0.05) is 13.0 Å². The molecule has 0 unspecified atom stereocenters. The molecule has 146 valence electrons. The molecule has 0 saturated heterocycles. The van der Waals surface area contributed by atoms with Crippen molar-refractivity contribution in [3.05, 3.63) is 54.1 Å². The van der Waals surface area contributed by atoms with Crippen LogP contribution >= 0.6 is 0 Å². The molecule has 1 heterocycles. The number of hydrogen-bond donors (Lipinski definition) is 3. The molecule has 0 aliphatic rings. The Morgan fingerprint density at radius 2 is 2.00 bits per heavy atom. The van der Waals surface area contributed by atoms with E-state index in [1.54, 1.807) is 19.1 Å². The van der Waals surface area contributed by atoms with Gasteiger partial charge in [-0.3, -0.25) is 9.52 Å². The van der Waals surface area contributed by atoms with Crippen LogP contribution in [0.25, 0.3) is 10.9 Å². The number of anilines is 3. The second kappa shape index (κ2) is 7.77. The zero-order valence-corrected chi connectivity index (χ0v) is 15.8. The molecule has 0 aliphatic heterocycles. The van der Waals surface area contributed by atoms with Gasteiger partial charge in [-0.15, -0.1) is 0 Å². The Labute approximate surface area is 161 Å². The first-order valence-electron chi connectivity index (χ1n) is 8.41. The first-order chi connectivity index (χ1) is 13.3. The molecule has 0 spiro atoms. The van der Waals surface area contributed by atoms with Crippen molar-refractivity contribution in [2.75, 3.05) is 21.5 Å². The first kappa shape index (κ1) is 19.5. The van der Waals surface area contributed by atoms with Gasteiger partial charge in [0.1, 0.15) is 18.0 Å². The number of sulfonamides is 1. The highest BCUT2D eigenvalue weighted by Gasteiger charge is 2.16. The number of benzene rings is 2. The predicted molar refractivity (Wildman–Crippen MR) is 106 cm³/mol. The third-order valence-electron chi connectivity index (χ3n) is 3.90. The van der Waals surface area contributed by atoms with Crippen LogP contribution in [0.1, 0.15) is 23.7 Å². The minimum atomic E-state index is -3.54. The number of amides is 1. The highest BCUT2D eigenvalue weighted by molar-refractivity contribution is 7.92. The number of nitrogens with zero attached hydrogens (tertiary/aromatic N) is 2. The van der Waals surface area contributed by atoms with Gasteiger partial charge >= 0.3 is 0 Å². The summed E-state index contributed by atoms with van der Waals surface area (Å²) in [6, 6.07) is 8.38. The van der Waals surface area contributed by atoms with E-state index in [4.69, 9.17) is 5.73 Å². The fourth-order valence-electron chi connectivity index (χ4n) is 2.66. The molecule has 10 heteroatoms. The van der Waals surface area contributed by atoms with Gasteiger partial charge in [0.05, 0.1) is 28.2 Å². The van der Waals surface area contributed by atoms with Crippen LogP contribution < -0.4 is 15.8 Å². The number of carbonyl (C=O) groups is 1. The summed E-state index contributed by atoms with van der Waals surface area (Å²) in [5.74, 6) is -1.17. The van der Waals surface area contributed by atoms with Crippen molar-refractivity contribution in [2.45, 2.75) is 13.3 Å². The number of rotatable bonds is 6. The lowest BCUT2D eigenvalue weighted by molar-refractivity contribution is 0.102. The molecule has 28 heavy (non-hydrogen) atoms. The van der Waals surface area contributed by atoms with E-state index in [1.807, 2.05) is 0 Å². The van der Waals surface area contributed by atoms with Crippen molar-refractivity contribution >= 4 is 44.0 Å². The maximum absolute atomic E-state index is 14.2. The van der Waals surface area contributed by atoms with Crippen LogP contribution in [-0.4, -0.2) is 30.0 Å². The lowest BCUT2D eigenvalue weighted by Crippen LogP contribution is -2.17. The third kappa shape index (κ3) is 4.17. The lowest BCUT2D eigenvalue weighted by atomic mass is 10.1. The second-order valence-corrected chi connectivity index (χ2v) is 7.87. The topological polar surface area (TPSA) is 127 Å². The second-order valence-electron chi connectivity index (χ2n) is 6.03. The van der Waals surface area contributed by atoms with Crippen LogP contribution in [0.5, 0.6) is 0 Å². The summed E-state index contributed by atoms with van der Waals surface area (Å²) in [6.07, 6.45) is 1.67. The van der Waals surface area contributed by atoms with Gasteiger partial charge in [-0.25, -0.2) is 22.8 Å². The normalized spacial score (nSPS) is 11.4. The third-order valence-corrected chi connectivity index (χ3v) is 5.39. The maximum atomic E-state index is 14.2. The van der Waals surface area contributed by atoms with Crippen molar-refractivity contribution in [1.82, 2.24) is 9.97 Å². The molecular formula is C18H18FN5O3S. The SMILES string of the molecule is CCCS(=O)(=O)Nc1ccc(F)c(NC(=O)c2cccc3c(N)ncnc23)c1. The highest BCUT2D eigenvalue weighted by Crippen LogP contribution is 2.24. The van der Waals surface area contributed by atoms with Crippen LogP contribution in [0.4, 0.5) is 21.6 Å². The average molecular weight is 403 g/mol. The van der Waals surface area contributed by atoms with Gasteiger partial charge < -0.3 is 11.1 Å². The van der Waals surface area contributed by atoms with E-state index < -0.39 is 21.7 Å². The Morgan fingerprint density at radius 1 is 1.21 bits per heavy atom. The van der Waals surface area contributed by atoms with Gasteiger partial charge in [0.2, 0.25) is 10.0 Å². The standard InChI is InChI=1S/C18H18FN5O3S/c1-2-8-28(26,27)24-11-6-7-14(19)15(9-11)23-18(25)13-5-3-4-12-16(13)21-10-22-17(12)20/h3-7,9-10,24H,2,8H2,1H3,(H,23,25)(H2,20,21,22). The van der Waals surface area contributed by atoms with Crippen LogP contribution in [-0.2, 0) is 10.0 Å². The number of para-hydroxylation sites is 1. The van der Waals surface area contributed by atoms with Crippen molar-refractivity contribution in [2.24, 2.45) is 0 Å². The first-order valence-corrected chi connectivity index (χ1v) is 10.1. The summed E-state index contributed by atoms with van der Waals surface area (Å²) in [7, 11) is -3.54. The van der Waals surface area contributed by atoms with E-state index in [9.17, 15) is 17.6 Å². The van der Waals surface area contributed by atoms with Crippen LogP contribution in [0.3, 0.4) is 0 Å². The minimum absolute atomic E-state index is 0.0663. The molecule has 0 saturated carbocycles. The number of carbonyl (C=O) groups excluding carboxylic acids is 1. The van der Waals surface area contributed by atoms with Crippen LogP contribution in [0, 0.1) is 5.82 Å². The number of nitrogens with one attached hydrogen (secondary N) is 2. The number of hydrogen-bond acceptors (Lipinski definition) is 6. The summed E-state index contributed by atoms with van der Waals surface area (Å²) in [5, 5.41) is 2.94. The maximum Gasteiger partial charge on any atom is 0.257 e. The molecule has 0 aliphatic carbocycles. The van der Waals surface area contributed by atoms with Gasteiger partial charge in [0.15, 0.2) is 0 Å². The fraction of sp³-hybridized carbons (Fsp3) is 0.167. The van der Waals surface area contributed by atoms with E-state index in [2.05, 4.69) is 20.0 Å². The number of nitrogen functional groups attached to an aromatic ring is 1. The molecule has 0 atom stereocenters. The summed E-state index contributed by atoms with van der Waals surface area (Å²) in [4.78, 5) is 20.6. The van der Waals surface area contributed by atoms with Gasteiger partial charge in [0.25, 0.3) is 5.91 Å².